The molecule has 1 aromatic rings. The summed E-state index contributed by atoms with van der Waals surface area (Å²) >= 11 is 3.24. The molecule has 1 aromatic heterocycles. The Bertz CT molecular complexity index is 494. The normalized spacial score (nSPS) is 19.1. The van der Waals surface area contributed by atoms with Gasteiger partial charge in [-0.05, 0) is 28.1 Å². The maximum atomic E-state index is 12.3. The molecule has 1 amide bonds. The Morgan fingerprint density at radius 3 is 3.05 bits per heavy atom. The lowest BCUT2D eigenvalue weighted by Gasteiger charge is -2.31. The number of pyridine rings is 1. The maximum absolute atomic E-state index is 12.3. The van der Waals surface area contributed by atoms with Crippen molar-refractivity contribution in [3.8, 4) is 0 Å². The van der Waals surface area contributed by atoms with Crippen LogP contribution in [0.15, 0.2) is 22.9 Å². The van der Waals surface area contributed by atoms with E-state index in [4.69, 9.17) is 4.74 Å². The van der Waals surface area contributed by atoms with Crippen LogP contribution in [-0.2, 0) is 14.3 Å². The summed E-state index contributed by atoms with van der Waals surface area (Å²) in [4.78, 5) is 29.3. The van der Waals surface area contributed by atoms with Gasteiger partial charge in [0.15, 0.2) is 6.10 Å². The Balaban J connectivity index is 2.11. The Morgan fingerprint density at radius 1 is 1.58 bits per heavy atom. The predicted octanol–water partition coefficient (Wildman–Crippen LogP) is 0.858. The first-order valence-corrected chi connectivity index (χ1v) is 6.52. The fourth-order valence-electron chi connectivity index (χ4n) is 1.82. The third kappa shape index (κ3) is 3.10. The molecule has 102 valence electrons. The van der Waals surface area contributed by atoms with E-state index in [0.717, 1.165) is 0 Å². The summed E-state index contributed by atoms with van der Waals surface area (Å²) in [5.41, 5.74) is 0.466. The summed E-state index contributed by atoms with van der Waals surface area (Å²) in [7, 11) is 1.30. The number of amides is 1. The monoisotopic (exact) mass is 328 g/mol. The Hall–Kier alpha value is -1.47. The van der Waals surface area contributed by atoms with Crippen molar-refractivity contribution in [3.05, 3.63) is 28.5 Å². The highest BCUT2D eigenvalue weighted by Gasteiger charge is 2.31. The number of carbonyl (C=O) groups is 2. The van der Waals surface area contributed by atoms with Gasteiger partial charge in [-0.25, -0.2) is 9.78 Å². The quantitative estimate of drug-likeness (QED) is 0.595. The molecule has 0 aliphatic carbocycles. The summed E-state index contributed by atoms with van der Waals surface area (Å²) in [6, 6.07) is 3.37. The third-order valence-electron chi connectivity index (χ3n) is 2.81. The summed E-state index contributed by atoms with van der Waals surface area (Å²) < 4.78 is 10.4. The molecule has 1 aliphatic heterocycles. The van der Waals surface area contributed by atoms with Gasteiger partial charge >= 0.3 is 5.97 Å². The molecule has 1 aliphatic rings. The van der Waals surface area contributed by atoms with Gasteiger partial charge in [0.1, 0.15) is 4.60 Å². The van der Waals surface area contributed by atoms with E-state index in [1.165, 1.54) is 7.11 Å². The number of aromatic nitrogens is 1. The first-order valence-electron chi connectivity index (χ1n) is 5.72. The molecule has 19 heavy (non-hydrogen) atoms. The maximum Gasteiger partial charge on any atom is 0.336 e. The fourth-order valence-corrected chi connectivity index (χ4v) is 2.24. The van der Waals surface area contributed by atoms with E-state index in [2.05, 4.69) is 25.7 Å². The number of halogens is 1. The minimum Gasteiger partial charge on any atom is -0.467 e. The number of methoxy groups -OCH3 is 1. The van der Waals surface area contributed by atoms with Crippen LogP contribution in [-0.4, -0.2) is 54.7 Å². The van der Waals surface area contributed by atoms with Crippen molar-refractivity contribution in [2.45, 2.75) is 6.10 Å². The number of nitrogens with zero attached hydrogens (tertiary/aromatic N) is 2. The first-order chi connectivity index (χ1) is 9.13. The molecule has 2 rings (SSSR count). The van der Waals surface area contributed by atoms with Crippen molar-refractivity contribution >= 4 is 27.8 Å². The van der Waals surface area contributed by atoms with Crippen molar-refractivity contribution in [2.24, 2.45) is 0 Å². The van der Waals surface area contributed by atoms with Crippen LogP contribution in [0.1, 0.15) is 10.4 Å². The van der Waals surface area contributed by atoms with Gasteiger partial charge in [0, 0.05) is 12.7 Å². The van der Waals surface area contributed by atoms with Crippen LogP contribution in [0.3, 0.4) is 0 Å². The second-order valence-electron chi connectivity index (χ2n) is 3.98. The highest BCUT2D eigenvalue weighted by molar-refractivity contribution is 9.10. The molecule has 0 aromatic carbocycles. The number of ether oxygens (including phenoxy) is 2. The highest BCUT2D eigenvalue weighted by Crippen LogP contribution is 2.17. The van der Waals surface area contributed by atoms with Crippen LogP contribution < -0.4 is 0 Å². The zero-order valence-electron chi connectivity index (χ0n) is 10.3. The number of hydrogen-bond donors (Lipinski definition) is 0. The molecule has 0 radical (unpaired) electrons. The van der Waals surface area contributed by atoms with Gasteiger partial charge in [0.05, 0.1) is 25.8 Å². The van der Waals surface area contributed by atoms with Gasteiger partial charge in [0.25, 0.3) is 5.91 Å². The lowest BCUT2D eigenvalue weighted by molar-refractivity contribution is -0.158. The summed E-state index contributed by atoms with van der Waals surface area (Å²) in [5.74, 6) is -0.653. The number of esters is 1. The highest BCUT2D eigenvalue weighted by atomic mass is 79.9. The van der Waals surface area contributed by atoms with E-state index in [1.54, 1.807) is 23.2 Å². The number of rotatable bonds is 2. The molecule has 6 nitrogen and oxygen atoms in total. The lowest BCUT2D eigenvalue weighted by Crippen LogP contribution is -2.49. The molecule has 7 heteroatoms. The average molecular weight is 329 g/mol. The Morgan fingerprint density at radius 2 is 2.37 bits per heavy atom. The van der Waals surface area contributed by atoms with Crippen LogP contribution in [0, 0.1) is 0 Å². The van der Waals surface area contributed by atoms with Crippen LogP contribution in [0.4, 0.5) is 0 Å². The number of carbonyl (C=O) groups excluding carboxylic acids is 2. The molecule has 0 saturated carbocycles. The number of hydrogen-bond acceptors (Lipinski definition) is 5. The van der Waals surface area contributed by atoms with E-state index in [0.29, 0.717) is 23.3 Å². The summed E-state index contributed by atoms with van der Waals surface area (Å²) in [5, 5.41) is 0. The van der Waals surface area contributed by atoms with Crippen molar-refractivity contribution < 1.29 is 19.1 Å². The fraction of sp³-hybridized carbons (Fsp3) is 0.417. The minimum atomic E-state index is -0.724. The van der Waals surface area contributed by atoms with Gasteiger partial charge in [-0.15, -0.1) is 0 Å². The largest absolute Gasteiger partial charge is 0.467 e. The molecule has 1 fully saturated rings. The van der Waals surface area contributed by atoms with Crippen LogP contribution in [0.25, 0.3) is 0 Å². The Labute approximate surface area is 118 Å². The van der Waals surface area contributed by atoms with E-state index in [1.807, 2.05) is 0 Å². The molecule has 2 heterocycles. The van der Waals surface area contributed by atoms with Crippen LogP contribution >= 0.6 is 15.9 Å². The molecule has 1 atom stereocenters. The Kier molecular flexibility index (Phi) is 4.49. The van der Waals surface area contributed by atoms with Crippen molar-refractivity contribution in [1.29, 1.82) is 0 Å². The SMILES string of the molecule is COC(=O)C1CN(C(=O)c2cccnc2Br)CCO1. The molecular formula is C12H13BrN2O4. The van der Waals surface area contributed by atoms with Crippen LogP contribution in [0.5, 0.6) is 0 Å². The lowest BCUT2D eigenvalue weighted by atomic mass is 10.2. The average Bonchev–Trinajstić information content (AvgIpc) is 2.46. The standard InChI is InChI=1S/C12H13BrN2O4/c1-18-12(17)9-7-15(5-6-19-9)11(16)8-3-2-4-14-10(8)13/h2-4,9H,5-7H2,1H3. The molecular weight excluding hydrogens is 316 g/mol. The third-order valence-corrected chi connectivity index (χ3v) is 3.44. The molecule has 0 spiro atoms. The van der Waals surface area contributed by atoms with E-state index < -0.39 is 12.1 Å². The summed E-state index contributed by atoms with van der Waals surface area (Å²) in [6.07, 6.45) is 0.871. The van der Waals surface area contributed by atoms with E-state index in [9.17, 15) is 9.59 Å². The first kappa shape index (κ1) is 14.0. The van der Waals surface area contributed by atoms with E-state index >= 15 is 0 Å². The second kappa shape index (κ2) is 6.12. The van der Waals surface area contributed by atoms with Gasteiger partial charge in [-0.2, -0.15) is 0 Å². The molecule has 1 unspecified atom stereocenters. The van der Waals surface area contributed by atoms with Gasteiger partial charge < -0.3 is 14.4 Å². The second-order valence-corrected chi connectivity index (χ2v) is 4.73. The summed E-state index contributed by atoms with van der Waals surface area (Å²) in [6.45, 7) is 0.934. The van der Waals surface area contributed by atoms with Gasteiger partial charge in [-0.1, -0.05) is 0 Å². The van der Waals surface area contributed by atoms with Crippen LogP contribution in [0.2, 0.25) is 0 Å². The zero-order valence-corrected chi connectivity index (χ0v) is 11.9. The van der Waals surface area contributed by atoms with Crippen molar-refractivity contribution in [1.82, 2.24) is 9.88 Å². The van der Waals surface area contributed by atoms with E-state index in [-0.39, 0.29) is 12.5 Å². The smallest absolute Gasteiger partial charge is 0.336 e. The predicted molar refractivity (Wildman–Crippen MR) is 69.6 cm³/mol. The molecule has 0 bridgehead atoms. The zero-order chi connectivity index (χ0) is 13.8. The molecule has 0 N–H and O–H groups in total. The van der Waals surface area contributed by atoms with Crippen molar-refractivity contribution in [3.63, 3.8) is 0 Å². The topological polar surface area (TPSA) is 68.7 Å². The minimum absolute atomic E-state index is 0.183. The number of morpholine rings is 1. The van der Waals surface area contributed by atoms with Gasteiger partial charge in [-0.3, -0.25) is 4.79 Å². The van der Waals surface area contributed by atoms with Gasteiger partial charge in [0.2, 0.25) is 0 Å². The molecule has 1 saturated heterocycles. The van der Waals surface area contributed by atoms with Crippen molar-refractivity contribution in [2.75, 3.05) is 26.8 Å².